The van der Waals surface area contributed by atoms with Gasteiger partial charge in [0.2, 0.25) is 5.91 Å². The highest BCUT2D eigenvalue weighted by Crippen LogP contribution is 2.29. The Kier molecular flexibility index (Phi) is 10.7. The van der Waals surface area contributed by atoms with E-state index < -0.39 is 27.8 Å². The van der Waals surface area contributed by atoms with Crippen LogP contribution in [0.25, 0.3) is 11.1 Å². The van der Waals surface area contributed by atoms with Crippen molar-refractivity contribution in [2.45, 2.75) is 59.4 Å². The highest BCUT2D eigenvalue weighted by atomic mass is 32.2. The van der Waals surface area contributed by atoms with Gasteiger partial charge in [0.25, 0.3) is 16.0 Å². The molecule has 0 unspecified atom stereocenters. The molecule has 0 aliphatic heterocycles. The molecule has 1 atom stereocenters. The van der Waals surface area contributed by atoms with Crippen LogP contribution in [0.2, 0.25) is 0 Å². The lowest BCUT2D eigenvalue weighted by Gasteiger charge is -2.22. The van der Waals surface area contributed by atoms with E-state index in [0.717, 1.165) is 11.1 Å². The van der Waals surface area contributed by atoms with E-state index in [-0.39, 0.29) is 17.9 Å². The van der Waals surface area contributed by atoms with Gasteiger partial charge in [-0.15, -0.1) is 0 Å². The van der Waals surface area contributed by atoms with E-state index in [0.29, 0.717) is 23.4 Å². The SMILES string of the molecule is Cc1cc(C)c(-c2ccc(C[C@H](Nc3ccc(C(=O)NCCS(=O)(=O)O)cc3)C(=O)Nc3ccc(C(C)(C)C)cc3)cc2)c(C)c1. The lowest BCUT2D eigenvalue weighted by atomic mass is 9.87. The molecule has 4 aromatic rings. The Morgan fingerprint density at radius 1 is 0.804 bits per heavy atom. The van der Waals surface area contributed by atoms with Gasteiger partial charge in [0, 0.05) is 29.9 Å². The molecule has 0 spiro atoms. The van der Waals surface area contributed by atoms with Gasteiger partial charge in [-0.05, 0) is 96.0 Å². The summed E-state index contributed by atoms with van der Waals surface area (Å²) in [5, 5.41) is 8.85. The van der Waals surface area contributed by atoms with E-state index in [9.17, 15) is 18.0 Å². The molecule has 0 saturated heterocycles. The third kappa shape index (κ3) is 9.52. The third-order valence-electron chi connectivity index (χ3n) is 7.83. The Labute approximate surface area is 272 Å². The van der Waals surface area contributed by atoms with Gasteiger partial charge < -0.3 is 16.0 Å². The van der Waals surface area contributed by atoms with Crippen LogP contribution in [0.15, 0.2) is 84.9 Å². The highest BCUT2D eigenvalue weighted by Gasteiger charge is 2.21. The molecule has 0 radical (unpaired) electrons. The zero-order valence-corrected chi connectivity index (χ0v) is 28.1. The lowest BCUT2D eigenvalue weighted by Crippen LogP contribution is -2.36. The van der Waals surface area contributed by atoms with Crippen molar-refractivity contribution in [2.24, 2.45) is 0 Å². The van der Waals surface area contributed by atoms with Crippen molar-refractivity contribution < 1.29 is 22.6 Å². The maximum absolute atomic E-state index is 13.7. The summed E-state index contributed by atoms with van der Waals surface area (Å²) in [6, 6.07) is 26.4. The van der Waals surface area contributed by atoms with Crippen LogP contribution in [0.3, 0.4) is 0 Å². The number of carbonyl (C=O) groups is 2. The molecular formula is C37H43N3O5S. The minimum Gasteiger partial charge on any atom is -0.373 e. The number of hydrogen-bond acceptors (Lipinski definition) is 5. The molecule has 0 heterocycles. The number of rotatable bonds is 11. The van der Waals surface area contributed by atoms with E-state index in [4.69, 9.17) is 4.55 Å². The molecule has 4 N–H and O–H groups in total. The van der Waals surface area contributed by atoms with Crippen LogP contribution >= 0.6 is 0 Å². The summed E-state index contributed by atoms with van der Waals surface area (Å²) in [7, 11) is -4.17. The molecule has 0 fully saturated rings. The smallest absolute Gasteiger partial charge is 0.266 e. The summed E-state index contributed by atoms with van der Waals surface area (Å²) in [6.07, 6.45) is 0.413. The monoisotopic (exact) mass is 641 g/mol. The molecule has 0 aliphatic rings. The number of hydrogen-bond donors (Lipinski definition) is 4. The predicted octanol–water partition coefficient (Wildman–Crippen LogP) is 6.86. The van der Waals surface area contributed by atoms with Crippen LogP contribution < -0.4 is 16.0 Å². The number of benzene rings is 4. The van der Waals surface area contributed by atoms with Crippen molar-refractivity contribution in [1.29, 1.82) is 0 Å². The summed E-state index contributed by atoms with van der Waals surface area (Å²) < 4.78 is 30.8. The first-order chi connectivity index (χ1) is 21.6. The van der Waals surface area contributed by atoms with Crippen LogP contribution in [-0.4, -0.2) is 43.1 Å². The van der Waals surface area contributed by atoms with E-state index in [2.05, 4.69) is 81.8 Å². The fourth-order valence-corrected chi connectivity index (χ4v) is 5.85. The van der Waals surface area contributed by atoms with Gasteiger partial charge in [0.15, 0.2) is 0 Å². The molecular weight excluding hydrogens is 598 g/mol. The van der Waals surface area contributed by atoms with Crippen molar-refractivity contribution in [3.05, 3.63) is 118 Å². The average Bonchev–Trinajstić information content (AvgIpc) is 2.96. The van der Waals surface area contributed by atoms with E-state index in [1.165, 1.54) is 27.8 Å². The fourth-order valence-electron chi connectivity index (χ4n) is 5.49. The summed E-state index contributed by atoms with van der Waals surface area (Å²) >= 11 is 0. The normalized spacial score (nSPS) is 12.3. The van der Waals surface area contributed by atoms with Crippen molar-refractivity contribution in [2.75, 3.05) is 22.9 Å². The molecule has 4 rings (SSSR count). The first kappa shape index (κ1) is 34.4. The summed E-state index contributed by atoms with van der Waals surface area (Å²) in [5.41, 5.74) is 9.80. The fraction of sp³-hybridized carbons (Fsp3) is 0.297. The van der Waals surface area contributed by atoms with Crippen molar-refractivity contribution in [3.63, 3.8) is 0 Å². The first-order valence-corrected chi connectivity index (χ1v) is 16.9. The number of amides is 2. The topological polar surface area (TPSA) is 125 Å². The number of aryl methyl sites for hydroxylation is 3. The minimum absolute atomic E-state index is 0.00590. The van der Waals surface area contributed by atoms with E-state index >= 15 is 0 Å². The van der Waals surface area contributed by atoms with Crippen LogP contribution in [0.5, 0.6) is 0 Å². The van der Waals surface area contributed by atoms with Crippen molar-refractivity contribution in [1.82, 2.24) is 5.32 Å². The van der Waals surface area contributed by atoms with Crippen LogP contribution in [0.1, 0.15) is 58.9 Å². The Balaban J connectivity index is 1.53. The Morgan fingerprint density at radius 2 is 1.37 bits per heavy atom. The van der Waals surface area contributed by atoms with Crippen LogP contribution in [-0.2, 0) is 26.7 Å². The lowest BCUT2D eigenvalue weighted by molar-refractivity contribution is -0.116. The molecule has 242 valence electrons. The molecule has 0 aliphatic carbocycles. The van der Waals surface area contributed by atoms with Crippen LogP contribution in [0, 0.1) is 20.8 Å². The largest absolute Gasteiger partial charge is 0.373 e. The maximum atomic E-state index is 13.7. The van der Waals surface area contributed by atoms with Gasteiger partial charge in [-0.1, -0.05) is 74.9 Å². The van der Waals surface area contributed by atoms with Gasteiger partial charge in [-0.25, -0.2) is 0 Å². The Bertz CT molecular complexity index is 1770. The van der Waals surface area contributed by atoms with Gasteiger partial charge >= 0.3 is 0 Å². The zero-order valence-electron chi connectivity index (χ0n) is 27.3. The second kappa shape index (κ2) is 14.3. The molecule has 0 bridgehead atoms. The summed E-state index contributed by atoms with van der Waals surface area (Å²) in [6.45, 7) is 12.6. The molecule has 0 aromatic heterocycles. The first-order valence-electron chi connectivity index (χ1n) is 15.3. The minimum atomic E-state index is -4.17. The molecule has 0 saturated carbocycles. The number of anilines is 2. The second-order valence-corrected chi connectivity index (χ2v) is 14.4. The standard InChI is InChI=1S/C37H43N3O5S/c1-24-21-25(2)34(26(3)22-24)28-9-7-27(8-10-28)23-33(36(42)40-32-17-13-30(14-18-32)37(4,5)6)39-31-15-11-29(12-16-31)35(41)38-19-20-46(43,44)45/h7-18,21-22,33,39H,19-20,23H2,1-6H3,(H,38,41)(H,40,42)(H,43,44,45)/t33-/m0/s1. The molecule has 46 heavy (non-hydrogen) atoms. The highest BCUT2D eigenvalue weighted by molar-refractivity contribution is 7.85. The average molecular weight is 642 g/mol. The Hall–Kier alpha value is -4.47. The molecule has 9 heteroatoms. The molecule has 4 aromatic carbocycles. The molecule has 8 nitrogen and oxygen atoms in total. The second-order valence-electron chi connectivity index (χ2n) is 12.8. The van der Waals surface area contributed by atoms with Crippen molar-refractivity contribution >= 4 is 33.3 Å². The van der Waals surface area contributed by atoms with E-state index in [1.54, 1.807) is 24.3 Å². The summed E-state index contributed by atoms with van der Waals surface area (Å²) in [4.78, 5) is 26.1. The summed E-state index contributed by atoms with van der Waals surface area (Å²) in [5.74, 6) is -1.24. The predicted molar refractivity (Wildman–Crippen MR) is 186 cm³/mol. The van der Waals surface area contributed by atoms with Crippen molar-refractivity contribution in [3.8, 4) is 11.1 Å². The van der Waals surface area contributed by atoms with Crippen LogP contribution in [0.4, 0.5) is 11.4 Å². The number of carbonyl (C=O) groups excluding carboxylic acids is 2. The quantitative estimate of drug-likeness (QED) is 0.133. The van der Waals surface area contributed by atoms with Gasteiger partial charge in [-0.3, -0.25) is 14.1 Å². The zero-order chi connectivity index (χ0) is 33.6. The van der Waals surface area contributed by atoms with Gasteiger partial charge in [0.1, 0.15) is 6.04 Å². The van der Waals surface area contributed by atoms with Gasteiger partial charge in [0.05, 0.1) is 5.75 Å². The van der Waals surface area contributed by atoms with Gasteiger partial charge in [-0.2, -0.15) is 8.42 Å². The Morgan fingerprint density at radius 3 is 1.91 bits per heavy atom. The molecule has 2 amide bonds. The maximum Gasteiger partial charge on any atom is 0.266 e. The van der Waals surface area contributed by atoms with E-state index in [1.807, 2.05) is 36.4 Å². The third-order valence-corrected chi connectivity index (χ3v) is 8.55. The number of nitrogens with one attached hydrogen (secondary N) is 3.